The molecule has 0 unspecified atom stereocenters. The van der Waals surface area contributed by atoms with Crippen molar-refractivity contribution in [3.8, 4) is 0 Å². The van der Waals surface area contributed by atoms with Crippen molar-refractivity contribution < 1.29 is 8.42 Å². The van der Waals surface area contributed by atoms with Crippen LogP contribution in [-0.4, -0.2) is 14.6 Å². The minimum atomic E-state index is -3.71. The summed E-state index contributed by atoms with van der Waals surface area (Å²) < 4.78 is 25.0. The molecule has 3 aromatic carbocycles. The Balaban J connectivity index is 1.92. The summed E-state index contributed by atoms with van der Waals surface area (Å²) in [5.41, 5.74) is 2.47. The number of hydrazone groups is 1. The van der Waals surface area contributed by atoms with Crippen molar-refractivity contribution in [3.05, 3.63) is 102 Å². The lowest BCUT2D eigenvalue weighted by Gasteiger charge is -2.26. The summed E-state index contributed by atoms with van der Waals surface area (Å²) >= 11 is 0. The molecule has 0 amide bonds. The van der Waals surface area contributed by atoms with E-state index < -0.39 is 15.4 Å². The summed E-state index contributed by atoms with van der Waals surface area (Å²) in [6, 6.07) is 26.4. The zero-order valence-electron chi connectivity index (χ0n) is 15.3. The lowest BCUT2D eigenvalue weighted by Crippen LogP contribution is -2.28. The number of nitrogens with one attached hydrogen (secondary N) is 1. The molecule has 4 nitrogen and oxygen atoms in total. The summed E-state index contributed by atoms with van der Waals surface area (Å²) in [5, 5.41) is 4.10. The molecule has 0 aliphatic heterocycles. The fraction of sp³-hybridized carbons (Fsp3) is 0.136. The predicted octanol–water partition coefficient (Wildman–Crippen LogP) is 4.27. The van der Waals surface area contributed by atoms with E-state index in [4.69, 9.17) is 0 Å². The molecule has 138 valence electrons. The summed E-state index contributed by atoms with van der Waals surface area (Å²) in [6.07, 6.45) is 1.64. The molecule has 0 spiro atoms. The fourth-order valence-corrected chi connectivity index (χ4v) is 3.67. The first kappa shape index (κ1) is 18.9. The van der Waals surface area contributed by atoms with E-state index in [9.17, 15) is 8.42 Å². The lowest BCUT2D eigenvalue weighted by molar-refractivity contribution is 0.584. The van der Waals surface area contributed by atoms with Crippen LogP contribution in [0, 0.1) is 6.92 Å². The van der Waals surface area contributed by atoms with Gasteiger partial charge in [0.1, 0.15) is 0 Å². The van der Waals surface area contributed by atoms with Gasteiger partial charge in [-0.15, -0.1) is 0 Å². The van der Waals surface area contributed by atoms with Crippen LogP contribution in [0.1, 0.15) is 23.6 Å². The van der Waals surface area contributed by atoms with Crippen molar-refractivity contribution in [2.75, 3.05) is 0 Å². The molecule has 0 aromatic heterocycles. The number of sulfonamides is 1. The van der Waals surface area contributed by atoms with Crippen molar-refractivity contribution in [2.45, 2.75) is 24.2 Å². The quantitative estimate of drug-likeness (QED) is 0.514. The Kier molecular flexibility index (Phi) is 5.42. The lowest BCUT2D eigenvalue weighted by atomic mass is 9.77. The van der Waals surface area contributed by atoms with Gasteiger partial charge in [0.2, 0.25) is 0 Å². The molecule has 0 saturated heterocycles. The average Bonchev–Trinajstić information content (AvgIpc) is 2.69. The van der Waals surface area contributed by atoms with Gasteiger partial charge in [0, 0.05) is 6.21 Å². The van der Waals surface area contributed by atoms with Crippen LogP contribution in [0.2, 0.25) is 0 Å². The molecule has 0 heterocycles. The van der Waals surface area contributed by atoms with E-state index in [-0.39, 0.29) is 4.90 Å². The molecule has 0 fully saturated rings. The average molecular weight is 378 g/mol. The summed E-state index contributed by atoms with van der Waals surface area (Å²) in [7, 11) is -3.71. The Hall–Kier alpha value is -2.92. The van der Waals surface area contributed by atoms with Gasteiger partial charge in [-0.1, -0.05) is 78.4 Å². The highest BCUT2D eigenvalue weighted by molar-refractivity contribution is 7.89. The van der Waals surface area contributed by atoms with E-state index in [0.717, 1.165) is 16.7 Å². The van der Waals surface area contributed by atoms with Crippen LogP contribution in [0.3, 0.4) is 0 Å². The maximum Gasteiger partial charge on any atom is 0.276 e. The Morgan fingerprint density at radius 1 is 0.815 bits per heavy atom. The van der Waals surface area contributed by atoms with Crippen LogP contribution in [-0.2, 0) is 15.4 Å². The minimum Gasteiger partial charge on any atom is -0.200 e. The second-order valence-corrected chi connectivity index (χ2v) is 8.26. The number of hydrogen-bond acceptors (Lipinski definition) is 3. The van der Waals surface area contributed by atoms with Gasteiger partial charge in [-0.3, -0.25) is 0 Å². The van der Waals surface area contributed by atoms with E-state index in [1.54, 1.807) is 30.5 Å². The number of hydrogen-bond donors (Lipinski definition) is 1. The van der Waals surface area contributed by atoms with E-state index in [2.05, 4.69) is 9.93 Å². The molecule has 5 heteroatoms. The Morgan fingerprint density at radius 3 is 1.78 bits per heavy atom. The van der Waals surface area contributed by atoms with Crippen LogP contribution in [0.25, 0.3) is 0 Å². The largest absolute Gasteiger partial charge is 0.276 e. The highest BCUT2D eigenvalue weighted by atomic mass is 32.2. The van der Waals surface area contributed by atoms with Crippen molar-refractivity contribution in [3.63, 3.8) is 0 Å². The maximum atomic E-state index is 12.5. The first-order valence-corrected chi connectivity index (χ1v) is 10.1. The van der Waals surface area contributed by atoms with Crippen LogP contribution in [0.4, 0.5) is 0 Å². The van der Waals surface area contributed by atoms with E-state index in [1.807, 2.05) is 74.5 Å². The molecule has 3 rings (SSSR count). The third kappa shape index (κ3) is 4.26. The third-order valence-corrected chi connectivity index (χ3v) is 5.81. The Bertz CT molecular complexity index is 973. The highest BCUT2D eigenvalue weighted by Crippen LogP contribution is 2.30. The molecule has 0 aliphatic rings. The summed E-state index contributed by atoms with van der Waals surface area (Å²) in [5.74, 6) is 0. The van der Waals surface area contributed by atoms with Gasteiger partial charge in [0.15, 0.2) is 0 Å². The molecule has 0 radical (unpaired) electrons. The molecule has 0 atom stereocenters. The SMILES string of the molecule is Cc1ccc(S(=O)(=O)N/N=C\C(C)(c2ccccc2)c2ccccc2)cc1. The van der Waals surface area contributed by atoms with Crippen LogP contribution in [0.15, 0.2) is 94.9 Å². The topological polar surface area (TPSA) is 58.5 Å². The van der Waals surface area contributed by atoms with Crippen LogP contribution in [0.5, 0.6) is 0 Å². The monoisotopic (exact) mass is 378 g/mol. The smallest absolute Gasteiger partial charge is 0.200 e. The maximum absolute atomic E-state index is 12.5. The third-order valence-electron chi connectivity index (χ3n) is 4.57. The molecular formula is C22H22N2O2S. The van der Waals surface area contributed by atoms with Gasteiger partial charge in [0.25, 0.3) is 10.0 Å². The second kappa shape index (κ2) is 7.76. The first-order chi connectivity index (χ1) is 12.9. The van der Waals surface area contributed by atoms with Crippen molar-refractivity contribution in [1.82, 2.24) is 4.83 Å². The van der Waals surface area contributed by atoms with Crippen LogP contribution < -0.4 is 4.83 Å². The Morgan fingerprint density at radius 2 is 1.30 bits per heavy atom. The van der Waals surface area contributed by atoms with Gasteiger partial charge in [0.05, 0.1) is 10.3 Å². The van der Waals surface area contributed by atoms with Gasteiger partial charge in [-0.25, -0.2) is 4.83 Å². The number of benzene rings is 3. The molecule has 0 aliphatic carbocycles. The van der Waals surface area contributed by atoms with Crippen molar-refractivity contribution in [1.29, 1.82) is 0 Å². The van der Waals surface area contributed by atoms with Crippen LogP contribution >= 0.6 is 0 Å². The zero-order chi connectivity index (χ0) is 19.3. The Labute approximate surface area is 160 Å². The van der Waals surface area contributed by atoms with Crippen molar-refractivity contribution >= 4 is 16.2 Å². The van der Waals surface area contributed by atoms with E-state index in [1.165, 1.54) is 0 Å². The van der Waals surface area contributed by atoms with Gasteiger partial charge in [-0.2, -0.15) is 13.5 Å². The molecule has 3 aromatic rings. The van der Waals surface area contributed by atoms with Gasteiger partial charge < -0.3 is 0 Å². The molecule has 0 saturated carbocycles. The standard InChI is InChI=1S/C22H22N2O2S/c1-18-13-15-21(16-14-18)27(25,26)24-23-17-22(2,19-9-5-3-6-10-19)20-11-7-4-8-12-20/h3-17,24H,1-2H3/b23-17-. The molecule has 0 bridgehead atoms. The second-order valence-electron chi connectivity index (χ2n) is 6.60. The van der Waals surface area contributed by atoms with Gasteiger partial charge in [-0.05, 0) is 37.1 Å². The highest BCUT2D eigenvalue weighted by Gasteiger charge is 2.27. The predicted molar refractivity (Wildman–Crippen MR) is 109 cm³/mol. The van der Waals surface area contributed by atoms with Crippen molar-refractivity contribution in [2.24, 2.45) is 5.10 Å². The number of rotatable bonds is 6. The summed E-state index contributed by atoms with van der Waals surface area (Å²) in [4.78, 5) is 2.52. The van der Waals surface area contributed by atoms with E-state index in [0.29, 0.717) is 0 Å². The van der Waals surface area contributed by atoms with E-state index >= 15 is 0 Å². The minimum absolute atomic E-state index is 0.186. The number of nitrogens with zero attached hydrogens (tertiary/aromatic N) is 1. The molecule has 1 N–H and O–H groups in total. The zero-order valence-corrected chi connectivity index (χ0v) is 16.1. The summed E-state index contributed by atoms with van der Waals surface area (Å²) in [6.45, 7) is 3.93. The first-order valence-electron chi connectivity index (χ1n) is 8.65. The molecule has 27 heavy (non-hydrogen) atoms. The molecular weight excluding hydrogens is 356 g/mol. The van der Waals surface area contributed by atoms with Gasteiger partial charge >= 0.3 is 0 Å². The fourth-order valence-electron chi connectivity index (χ4n) is 2.88. The normalized spacial score (nSPS) is 12.2. The number of aryl methyl sites for hydroxylation is 1.